The molecule has 0 atom stereocenters. The highest BCUT2D eigenvalue weighted by Gasteiger charge is 2.17. The first-order valence-electron chi connectivity index (χ1n) is 7.35. The van der Waals surface area contributed by atoms with Gasteiger partial charge in [-0.25, -0.2) is 4.79 Å². The summed E-state index contributed by atoms with van der Waals surface area (Å²) < 4.78 is 5.57. The highest BCUT2D eigenvalue weighted by molar-refractivity contribution is 5.90. The van der Waals surface area contributed by atoms with Crippen molar-refractivity contribution in [2.75, 3.05) is 13.2 Å². The molecule has 0 spiro atoms. The summed E-state index contributed by atoms with van der Waals surface area (Å²) in [6.45, 7) is 3.56. The van der Waals surface area contributed by atoms with Crippen molar-refractivity contribution in [3.8, 4) is 5.75 Å². The van der Waals surface area contributed by atoms with Crippen LogP contribution in [0.4, 0.5) is 0 Å². The van der Waals surface area contributed by atoms with Gasteiger partial charge in [0, 0.05) is 12.6 Å². The first kappa shape index (κ1) is 14.9. The first-order chi connectivity index (χ1) is 9.66. The number of aromatic carboxylic acids is 1. The molecule has 0 unspecified atom stereocenters. The molecule has 2 N–H and O–H groups in total. The zero-order valence-corrected chi connectivity index (χ0v) is 12.0. The smallest absolute Gasteiger partial charge is 0.339 e. The van der Waals surface area contributed by atoms with Gasteiger partial charge in [-0.15, -0.1) is 0 Å². The van der Waals surface area contributed by atoms with E-state index in [4.69, 9.17) is 9.84 Å². The molecular formula is C16H23NO3. The number of carboxylic acids is 1. The molecule has 0 radical (unpaired) electrons. The van der Waals surface area contributed by atoms with E-state index in [2.05, 4.69) is 12.2 Å². The van der Waals surface area contributed by atoms with E-state index in [1.54, 1.807) is 24.3 Å². The van der Waals surface area contributed by atoms with E-state index in [-0.39, 0.29) is 5.56 Å². The number of hydrogen-bond acceptors (Lipinski definition) is 3. The fraction of sp³-hybridized carbons (Fsp3) is 0.562. The molecule has 0 heterocycles. The highest BCUT2D eigenvalue weighted by atomic mass is 16.5. The second kappa shape index (κ2) is 7.29. The molecule has 0 bridgehead atoms. The molecule has 110 valence electrons. The van der Waals surface area contributed by atoms with Crippen LogP contribution in [0.15, 0.2) is 24.3 Å². The van der Waals surface area contributed by atoms with Crippen LogP contribution in [0.25, 0.3) is 0 Å². The molecule has 0 saturated heterocycles. The molecule has 1 aromatic rings. The number of hydrogen-bond donors (Lipinski definition) is 2. The largest absolute Gasteiger partial charge is 0.491 e. The second-order valence-electron chi connectivity index (χ2n) is 5.56. The van der Waals surface area contributed by atoms with Crippen LogP contribution in [0.3, 0.4) is 0 Å². The summed E-state index contributed by atoms with van der Waals surface area (Å²) in [5.41, 5.74) is 0.221. The topological polar surface area (TPSA) is 58.6 Å². The molecule has 1 aliphatic carbocycles. The van der Waals surface area contributed by atoms with Gasteiger partial charge in [0.1, 0.15) is 17.9 Å². The first-order valence-corrected chi connectivity index (χ1v) is 7.35. The van der Waals surface area contributed by atoms with Gasteiger partial charge in [-0.1, -0.05) is 19.1 Å². The maximum atomic E-state index is 11.0. The van der Waals surface area contributed by atoms with Crippen LogP contribution in [0.2, 0.25) is 0 Å². The van der Waals surface area contributed by atoms with Crippen molar-refractivity contribution in [3.05, 3.63) is 29.8 Å². The van der Waals surface area contributed by atoms with Crippen molar-refractivity contribution in [1.29, 1.82) is 0 Å². The quantitative estimate of drug-likeness (QED) is 0.785. The Morgan fingerprint density at radius 2 is 2.00 bits per heavy atom. The molecule has 4 nitrogen and oxygen atoms in total. The van der Waals surface area contributed by atoms with Crippen LogP contribution in [0, 0.1) is 5.92 Å². The standard InChI is InChI=1S/C16H23NO3/c1-12-6-8-13(9-7-12)17-10-11-20-15-5-3-2-4-14(15)16(18)19/h2-5,12-13,17H,6-11H2,1H3,(H,18,19). The van der Waals surface area contributed by atoms with Crippen molar-refractivity contribution in [3.63, 3.8) is 0 Å². The van der Waals surface area contributed by atoms with Crippen molar-refractivity contribution in [2.24, 2.45) is 5.92 Å². The number of carbonyl (C=O) groups is 1. The number of carboxylic acid groups (broad SMARTS) is 1. The Labute approximate surface area is 120 Å². The van der Waals surface area contributed by atoms with Gasteiger partial charge >= 0.3 is 5.97 Å². The number of nitrogens with one attached hydrogen (secondary N) is 1. The van der Waals surface area contributed by atoms with E-state index in [0.717, 1.165) is 12.5 Å². The minimum atomic E-state index is -0.949. The third-order valence-electron chi connectivity index (χ3n) is 3.93. The second-order valence-corrected chi connectivity index (χ2v) is 5.56. The Kier molecular flexibility index (Phi) is 5.41. The summed E-state index contributed by atoms with van der Waals surface area (Å²) in [7, 11) is 0. The number of para-hydroxylation sites is 1. The molecular weight excluding hydrogens is 254 g/mol. The summed E-state index contributed by atoms with van der Waals surface area (Å²) in [4.78, 5) is 11.0. The van der Waals surface area contributed by atoms with Crippen molar-refractivity contribution >= 4 is 5.97 Å². The number of ether oxygens (including phenoxy) is 1. The van der Waals surface area contributed by atoms with E-state index >= 15 is 0 Å². The maximum absolute atomic E-state index is 11.0. The summed E-state index contributed by atoms with van der Waals surface area (Å²) in [5.74, 6) is 0.348. The van der Waals surface area contributed by atoms with E-state index in [9.17, 15) is 4.79 Å². The fourth-order valence-corrected chi connectivity index (χ4v) is 2.66. The summed E-state index contributed by atoms with van der Waals surface area (Å²) >= 11 is 0. The Balaban J connectivity index is 1.72. The summed E-state index contributed by atoms with van der Waals surface area (Å²) in [5, 5.41) is 12.5. The Morgan fingerprint density at radius 1 is 1.30 bits per heavy atom. The molecule has 0 aliphatic heterocycles. The third-order valence-corrected chi connectivity index (χ3v) is 3.93. The lowest BCUT2D eigenvalue weighted by molar-refractivity contribution is 0.0692. The lowest BCUT2D eigenvalue weighted by atomic mass is 9.87. The Hall–Kier alpha value is -1.55. The normalized spacial score (nSPS) is 22.4. The van der Waals surface area contributed by atoms with Gasteiger partial charge < -0.3 is 15.2 Å². The summed E-state index contributed by atoms with van der Waals surface area (Å²) in [6, 6.07) is 7.35. The van der Waals surface area contributed by atoms with Crippen LogP contribution < -0.4 is 10.1 Å². The fourth-order valence-electron chi connectivity index (χ4n) is 2.66. The van der Waals surface area contributed by atoms with Gasteiger partial charge in [-0.3, -0.25) is 0 Å². The zero-order valence-electron chi connectivity index (χ0n) is 12.0. The van der Waals surface area contributed by atoms with Crippen LogP contribution >= 0.6 is 0 Å². The van der Waals surface area contributed by atoms with Gasteiger partial charge in [-0.2, -0.15) is 0 Å². The average Bonchev–Trinajstić information content (AvgIpc) is 2.46. The molecule has 0 aromatic heterocycles. The van der Waals surface area contributed by atoms with Crippen LogP contribution in [-0.2, 0) is 0 Å². The minimum Gasteiger partial charge on any atom is -0.491 e. The molecule has 1 fully saturated rings. The van der Waals surface area contributed by atoms with Crippen molar-refractivity contribution in [2.45, 2.75) is 38.6 Å². The molecule has 0 amide bonds. The van der Waals surface area contributed by atoms with E-state index in [0.29, 0.717) is 18.4 Å². The van der Waals surface area contributed by atoms with E-state index in [1.165, 1.54) is 25.7 Å². The number of benzene rings is 1. The van der Waals surface area contributed by atoms with E-state index in [1.807, 2.05) is 0 Å². The lowest BCUT2D eigenvalue weighted by Gasteiger charge is -2.27. The minimum absolute atomic E-state index is 0.221. The average molecular weight is 277 g/mol. The molecule has 1 aliphatic rings. The molecule has 4 heteroatoms. The van der Waals surface area contributed by atoms with Gasteiger partial charge in [0.05, 0.1) is 0 Å². The SMILES string of the molecule is CC1CCC(NCCOc2ccccc2C(=O)O)CC1. The number of rotatable bonds is 6. The molecule has 20 heavy (non-hydrogen) atoms. The van der Waals surface area contributed by atoms with Crippen LogP contribution in [0.5, 0.6) is 5.75 Å². The Morgan fingerprint density at radius 3 is 2.70 bits per heavy atom. The lowest BCUT2D eigenvalue weighted by Crippen LogP contribution is -2.35. The van der Waals surface area contributed by atoms with Crippen molar-refractivity contribution in [1.82, 2.24) is 5.32 Å². The van der Waals surface area contributed by atoms with E-state index < -0.39 is 5.97 Å². The zero-order chi connectivity index (χ0) is 14.4. The third kappa shape index (κ3) is 4.23. The predicted molar refractivity (Wildman–Crippen MR) is 78.3 cm³/mol. The van der Waals surface area contributed by atoms with Crippen LogP contribution in [-0.4, -0.2) is 30.3 Å². The van der Waals surface area contributed by atoms with Gasteiger partial charge in [0.25, 0.3) is 0 Å². The molecule has 2 rings (SSSR count). The maximum Gasteiger partial charge on any atom is 0.339 e. The molecule has 1 saturated carbocycles. The Bertz CT molecular complexity index is 439. The monoisotopic (exact) mass is 277 g/mol. The van der Waals surface area contributed by atoms with Gasteiger partial charge in [0.2, 0.25) is 0 Å². The molecule has 1 aromatic carbocycles. The highest BCUT2D eigenvalue weighted by Crippen LogP contribution is 2.23. The predicted octanol–water partition coefficient (Wildman–Crippen LogP) is 2.93. The van der Waals surface area contributed by atoms with Crippen LogP contribution in [0.1, 0.15) is 43.0 Å². The van der Waals surface area contributed by atoms with Crippen molar-refractivity contribution < 1.29 is 14.6 Å². The summed E-state index contributed by atoms with van der Waals surface area (Å²) in [6.07, 6.45) is 5.04. The van der Waals surface area contributed by atoms with Gasteiger partial charge in [-0.05, 0) is 43.7 Å². The van der Waals surface area contributed by atoms with Gasteiger partial charge in [0.15, 0.2) is 0 Å².